The third-order valence-electron chi connectivity index (χ3n) is 4.05. The van der Waals surface area contributed by atoms with Crippen molar-refractivity contribution >= 4 is 17.1 Å². The number of nitrogens with one attached hydrogen (secondary N) is 1. The Morgan fingerprint density at radius 2 is 1.88 bits per heavy atom. The van der Waals surface area contributed by atoms with Gasteiger partial charge in [0.1, 0.15) is 0 Å². The quantitative estimate of drug-likeness (QED) is 0.790. The van der Waals surface area contributed by atoms with Crippen molar-refractivity contribution in [1.29, 1.82) is 0 Å². The van der Waals surface area contributed by atoms with Crippen LogP contribution in [0.4, 0.5) is 5.95 Å². The van der Waals surface area contributed by atoms with Gasteiger partial charge in [0.05, 0.1) is 0 Å². The second kappa shape index (κ2) is 5.99. The molecule has 3 rings (SSSR count). The van der Waals surface area contributed by atoms with Crippen LogP contribution in [0.1, 0.15) is 25.5 Å². The number of rotatable bonds is 4. The van der Waals surface area contributed by atoms with Crippen molar-refractivity contribution in [3.63, 3.8) is 0 Å². The lowest BCUT2D eigenvalue weighted by molar-refractivity contribution is 0.605. The minimum atomic E-state index is -0.460. The fourth-order valence-corrected chi connectivity index (χ4v) is 2.88. The second-order valence-electron chi connectivity index (χ2n) is 6.21. The van der Waals surface area contributed by atoms with E-state index in [0.717, 1.165) is 5.56 Å². The number of H-pyrrole nitrogens is 1. The zero-order chi connectivity index (χ0) is 17.4. The molecule has 7 heteroatoms. The molecule has 0 radical (unpaired) electrons. The number of benzene rings is 1. The summed E-state index contributed by atoms with van der Waals surface area (Å²) in [4.78, 5) is 33.1. The first kappa shape index (κ1) is 16.0. The molecule has 0 atom stereocenters. The van der Waals surface area contributed by atoms with E-state index in [-0.39, 0.29) is 6.04 Å². The number of nitrogens with zero attached hydrogens (tertiary/aromatic N) is 4. The van der Waals surface area contributed by atoms with Gasteiger partial charge < -0.3 is 9.47 Å². The molecule has 0 aliphatic rings. The maximum atomic E-state index is 12.3. The van der Waals surface area contributed by atoms with Gasteiger partial charge in [0.15, 0.2) is 11.2 Å². The first-order valence-corrected chi connectivity index (χ1v) is 7.86. The average molecular weight is 327 g/mol. The standard InChI is InChI=1S/C17H21N5O2/c1-11(2)22-13-14(21(4)17(24)19-15(13)23)18-16(22)20(3)10-12-8-6-5-7-9-12/h5-9,11H,10H2,1-4H3,(H,19,23,24). The Kier molecular flexibility index (Phi) is 4.01. The first-order valence-electron chi connectivity index (χ1n) is 7.86. The minimum Gasteiger partial charge on any atom is -0.341 e. The van der Waals surface area contributed by atoms with Crippen LogP contribution >= 0.6 is 0 Å². The number of fused-ring (bicyclic) bond motifs is 1. The van der Waals surface area contributed by atoms with Gasteiger partial charge in [-0.2, -0.15) is 4.98 Å². The molecule has 3 aromatic rings. The van der Waals surface area contributed by atoms with Gasteiger partial charge in [-0.1, -0.05) is 30.3 Å². The van der Waals surface area contributed by atoms with E-state index in [1.165, 1.54) is 4.57 Å². The lowest BCUT2D eigenvalue weighted by Gasteiger charge is -2.21. The van der Waals surface area contributed by atoms with Crippen LogP contribution in [0.5, 0.6) is 0 Å². The molecule has 0 amide bonds. The van der Waals surface area contributed by atoms with E-state index < -0.39 is 11.2 Å². The van der Waals surface area contributed by atoms with Crippen LogP contribution in [-0.4, -0.2) is 26.1 Å². The molecular weight excluding hydrogens is 306 g/mol. The van der Waals surface area contributed by atoms with Crippen molar-refractivity contribution in [2.45, 2.75) is 26.4 Å². The van der Waals surface area contributed by atoms with Crippen LogP contribution in [0.15, 0.2) is 39.9 Å². The summed E-state index contributed by atoms with van der Waals surface area (Å²) >= 11 is 0. The van der Waals surface area contributed by atoms with Crippen molar-refractivity contribution in [3.05, 3.63) is 56.7 Å². The molecule has 7 nitrogen and oxygen atoms in total. The van der Waals surface area contributed by atoms with E-state index >= 15 is 0 Å². The van der Waals surface area contributed by atoms with Crippen molar-refractivity contribution in [1.82, 2.24) is 19.1 Å². The zero-order valence-corrected chi connectivity index (χ0v) is 14.3. The number of anilines is 1. The highest BCUT2D eigenvalue weighted by Crippen LogP contribution is 2.24. The predicted octanol–water partition coefficient (Wildman–Crippen LogP) is 1.64. The van der Waals surface area contributed by atoms with Crippen molar-refractivity contribution < 1.29 is 0 Å². The topological polar surface area (TPSA) is 75.9 Å². The molecule has 24 heavy (non-hydrogen) atoms. The molecule has 0 unspecified atom stereocenters. The summed E-state index contributed by atoms with van der Waals surface area (Å²) in [5.41, 5.74) is 1.09. The first-order chi connectivity index (χ1) is 11.4. The molecule has 0 aliphatic heterocycles. The number of hydrogen-bond donors (Lipinski definition) is 1. The molecule has 0 saturated heterocycles. The van der Waals surface area contributed by atoms with Crippen LogP contribution in [0, 0.1) is 0 Å². The summed E-state index contributed by atoms with van der Waals surface area (Å²) in [6.45, 7) is 4.64. The van der Waals surface area contributed by atoms with Gasteiger partial charge in [0.2, 0.25) is 5.95 Å². The highest BCUT2D eigenvalue weighted by atomic mass is 16.2. The Morgan fingerprint density at radius 3 is 2.50 bits per heavy atom. The molecule has 2 aromatic heterocycles. The average Bonchev–Trinajstić information content (AvgIpc) is 2.95. The number of hydrogen-bond acceptors (Lipinski definition) is 4. The smallest absolute Gasteiger partial charge is 0.329 e. The summed E-state index contributed by atoms with van der Waals surface area (Å²) in [5.74, 6) is 0.663. The molecule has 0 bridgehead atoms. The number of aryl methyl sites for hydroxylation is 1. The molecule has 0 spiro atoms. The normalized spacial score (nSPS) is 11.4. The fraction of sp³-hybridized carbons (Fsp3) is 0.353. The van der Waals surface area contributed by atoms with Gasteiger partial charge in [0.25, 0.3) is 5.56 Å². The zero-order valence-electron chi connectivity index (χ0n) is 14.3. The van der Waals surface area contributed by atoms with Gasteiger partial charge in [-0.05, 0) is 19.4 Å². The molecule has 2 heterocycles. The van der Waals surface area contributed by atoms with E-state index in [1.54, 1.807) is 7.05 Å². The summed E-state index contributed by atoms with van der Waals surface area (Å²) in [6.07, 6.45) is 0. The Balaban J connectivity index is 2.19. The molecular formula is C17H21N5O2. The van der Waals surface area contributed by atoms with E-state index in [4.69, 9.17) is 0 Å². The molecule has 126 valence electrons. The summed E-state index contributed by atoms with van der Waals surface area (Å²) in [7, 11) is 3.54. The Labute approximate surface area is 139 Å². The summed E-state index contributed by atoms with van der Waals surface area (Å²) < 4.78 is 3.24. The molecule has 1 aromatic carbocycles. The van der Waals surface area contributed by atoms with E-state index in [9.17, 15) is 9.59 Å². The SMILES string of the molecule is CC(C)n1c(N(C)Cc2ccccc2)nc2c1c(=O)[nH]c(=O)n2C. The van der Waals surface area contributed by atoms with E-state index in [0.29, 0.717) is 23.7 Å². The predicted molar refractivity (Wildman–Crippen MR) is 94.5 cm³/mol. The van der Waals surface area contributed by atoms with Gasteiger partial charge in [-0.15, -0.1) is 0 Å². The van der Waals surface area contributed by atoms with Crippen LogP contribution in [0.3, 0.4) is 0 Å². The summed E-state index contributed by atoms with van der Waals surface area (Å²) in [5, 5.41) is 0. The van der Waals surface area contributed by atoms with Crippen LogP contribution in [0.25, 0.3) is 11.2 Å². The van der Waals surface area contributed by atoms with Gasteiger partial charge in [0, 0.05) is 26.7 Å². The Bertz CT molecular complexity index is 982. The third-order valence-corrected chi connectivity index (χ3v) is 4.05. The molecule has 1 N–H and O–H groups in total. The largest absolute Gasteiger partial charge is 0.341 e. The number of aromatic nitrogens is 4. The Hall–Kier alpha value is -2.83. The third kappa shape index (κ3) is 2.62. The van der Waals surface area contributed by atoms with E-state index in [1.807, 2.05) is 60.7 Å². The lowest BCUT2D eigenvalue weighted by Crippen LogP contribution is -2.29. The number of aromatic amines is 1. The van der Waals surface area contributed by atoms with Crippen LogP contribution in [-0.2, 0) is 13.6 Å². The maximum absolute atomic E-state index is 12.3. The van der Waals surface area contributed by atoms with Gasteiger partial charge >= 0.3 is 5.69 Å². The Morgan fingerprint density at radius 1 is 1.21 bits per heavy atom. The minimum absolute atomic E-state index is 0.0295. The monoisotopic (exact) mass is 327 g/mol. The lowest BCUT2D eigenvalue weighted by atomic mass is 10.2. The van der Waals surface area contributed by atoms with Gasteiger partial charge in [-0.3, -0.25) is 14.3 Å². The highest BCUT2D eigenvalue weighted by molar-refractivity contribution is 5.74. The number of imidazole rings is 1. The fourth-order valence-electron chi connectivity index (χ4n) is 2.88. The van der Waals surface area contributed by atoms with E-state index in [2.05, 4.69) is 9.97 Å². The van der Waals surface area contributed by atoms with Crippen LogP contribution < -0.4 is 16.1 Å². The summed E-state index contributed by atoms with van der Waals surface area (Å²) in [6, 6.07) is 10.1. The van der Waals surface area contributed by atoms with Gasteiger partial charge in [-0.25, -0.2) is 4.79 Å². The maximum Gasteiger partial charge on any atom is 0.329 e. The second-order valence-corrected chi connectivity index (χ2v) is 6.21. The molecule has 0 fully saturated rings. The molecule has 0 saturated carbocycles. The highest BCUT2D eigenvalue weighted by Gasteiger charge is 2.21. The van der Waals surface area contributed by atoms with Crippen molar-refractivity contribution in [2.75, 3.05) is 11.9 Å². The van der Waals surface area contributed by atoms with Crippen molar-refractivity contribution in [3.8, 4) is 0 Å². The molecule has 0 aliphatic carbocycles. The van der Waals surface area contributed by atoms with Crippen molar-refractivity contribution in [2.24, 2.45) is 7.05 Å². The van der Waals surface area contributed by atoms with Crippen LogP contribution in [0.2, 0.25) is 0 Å².